The molecular weight excluding hydrogens is 404 g/mol. The topological polar surface area (TPSA) is 67.9 Å². The van der Waals surface area contributed by atoms with E-state index in [0.29, 0.717) is 17.3 Å². The zero-order chi connectivity index (χ0) is 21.9. The summed E-state index contributed by atoms with van der Waals surface area (Å²) in [6.07, 6.45) is 1.88. The number of ether oxygens (including phenoxy) is 2. The Morgan fingerprint density at radius 2 is 1.70 bits per heavy atom. The smallest absolute Gasteiger partial charge is 0.261 e. The molecule has 0 aromatic heterocycles. The summed E-state index contributed by atoms with van der Waals surface area (Å²) in [5.41, 5.74) is 0.892. The predicted molar refractivity (Wildman–Crippen MR) is 118 cm³/mol. The van der Waals surface area contributed by atoms with E-state index in [1.54, 1.807) is 38.3 Å². The van der Waals surface area contributed by atoms with Crippen LogP contribution in [0.2, 0.25) is 5.02 Å². The van der Waals surface area contributed by atoms with Crippen molar-refractivity contribution in [1.82, 2.24) is 10.2 Å². The van der Waals surface area contributed by atoms with Gasteiger partial charge in [-0.05, 0) is 55.3 Å². The largest absolute Gasteiger partial charge is 0.497 e. The molecule has 2 rings (SSSR count). The molecule has 0 saturated carbocycles. The fourth-order valence-electron chi connectivity index (χ4n) is 2.81. The lowest BCUT2D eigenvalue weighted by molar-refractivity contribution is -0.142. The van der Waals surface area contributed by atoms with Crippen LogP contribution < -0.4 is 14.8 Å². The highest BCUT2D eigenvalue weighted by atomic mass is 35.5. The standard InChI is InChI=1S/C23H29ClN2O4/c1-4-5-14-25-23(28)17(2)26(15-18-6-10-20(29-3)11-7-18)22(27)16-30-21-12-8-19(24)9-13-21/h6-13,17H,4-5,14-16H2,1-3H3,(H,25,28). The first kappa shape index (κ1) is 23.5. The van der Waals surface area contributed by atoms with Gasteiger partial charge < -0.3 is 19.7 Å². The Morgan fingerprint density at radius 3 is 2.30 bits per heavy atom. The number of carbonyl (C=O) groups excluding carboxylic acids is 2. The van der Waals surface area contributed by atoms with Gasteiger partial charge in [0.2, 0.25) is 5.91 Å². The first-order valence-electron chi connectivity index (χ1n) is 10.0. The van der Waals surface area contributed by atoms with Gasteiger partial charge in [-0.2, -0.15) is 0 Å². The van der Waals surface area contributed by atoms with Gasteiger partial charge in [0.25, 0.3) is 5.91 Å². The quantitative estimate of drug-likeness (QED) is 0.544. The minimum atomic E-state index is -0.634. The summed E-state index contributed by atoms with van der Waals surface area (Å²) in [5, 5.41) is 3.48. The maximum Gasteiger partial charge on any atom is 0.261 e. The maximum atomic E-state index is 13.0. The number of carbonyl (C=O) groups is 2. The van der Waals surface area contributed by atoms with Crippen molar-refractivity contribution < 1.29 is 19.1 Å². The molecule has 0 radical (unpaired) electrons. The van der Waals surface area contributed by atoms with Crippen LogP contribution >= 0.6 is 11.6 Å². The van der Waals surface area contributed by atoms with Crippen LogP contribution in [0.4, 0.5) is 0 Å². The van der Waals surface area contributed by atoms with Crippen LogP contribution in [0.3, 0.4) is 0 Å². The predicted octanol–water partition coefficient (Wildman–Crippen LogP) is 4.06. The molecule has 7 heteroatoms. The molecule has 0 saturated heterocycles. The second-order valence-corrected chi connectivity index (χ2v) is 7.37. The molecule has 0 heterocycles. The summed E-state index contributed by atoms with van der Waals surface area (Å²) in [6, 6.07) is 13.6. The lowest BCUT2D eigenvalue weighted by atomic mass is 10.1. The Labute approximate surface area is 183 Å². The van der Waals surface area contributed by atoms with Gasteiger partial charge in [-0.25, -0.2) is 0 Å². The molecule has 0 aliphatic carbocycles. The SMILES string of the molecule is CCCCNC(=O)C(C)N(Cc1ccc(OC)cc1)C(=O)COc1ccc(Cl)cc1. The molecule has 162 valence electrons. The second kappa shape index (κ2) is 12.1. The summed E-state index contributed by atoms with van der Waals surface area (Å²) >= 11 is 5.88. The van der Waals surface area contributed by atoms with Crippen LogP contribution in [-0.4, -0.2) is 43.0 Å². The average Bonchev–Trinajstić information content (AvgIpc) is 2.77. The van der Waals surface area contributed by atoms with Crippen LogP contribution in [0.1, 0.15) is 32.3 Å². The van der Waals surface area contributed by atoms with E-state index in [-0.39, 0.29) is 25.0 Å². The number of halogens is 1. The average molecular weight is 433 g/mol. The van der Waals surface area contributed by atoms with Crippen molar-refractivity contribution in [2.45, 2.75) is 39.3 Å². The van der Waals surface area contributed by atoms with Crippen molar-refractivity contribution in [1.29, 1.82) is 0 Å². The lowest BCUT2D eigenvalue weighted by Gasteiger charge is -2.28. The number of nitrogens with one attached hydrogen (secondary N) is 1. The maximum absolute atomic E-state index is 13.0. The third-order valence-electron chi connectivity index (χ3n) is 4.68. The normalized spacial score (nSPS) is 11.5. The summed E-state index contributed by atoms with van der Waals surface area (Å²) in [7, 11) is 1.60. The lowest BCUT2D eigenvalue weighted by Crippen LogP contribution is -2.49. The molecule has 1 atom stereocenters. The number of hydrogen-bond acceptors (Lipinski definition) is 4. The summed E-state index contributed by atoms with van der Waals surface area (Å²) in [4.78, 5) is 27.1. The molecule has 2 aromatic carbocycles. The fraction of sp³-hybridized carbons (Fsp3) is 0.391. The number of hydrogen-bond donors (Lipinski definition) is 1. The van der Waals surface area contributed by atoms with Gasteiger partial charge in [0.05, 0.1) is 7.11 Å². The Bertz CT molecular complexity index is 809. The third-order valence-corrected chi connectivity index (χ3v) is 4.94. The number of benzene rings is 2. The molecule has 2 aromatic rings. The van der Waals surface area contributed by atoms with Crippen molar-refractivity contribution in [3.63, 3.8) is 0 Å². The van der Waals surface area contributed by atoms with Gasteiger partial charge in [-0.1, -0.05) is 37.1 Å². The van der Waals surface area contributed by atoms with Crippen LogP contribution in [0.25, 0.3) is 0 Å². The van der Waals surface area contributed by atoms with Gasteiger partial charge in [0, 0.05) is 18.1 Å². The van der Waals surface area contributed by atoms with Crippen LogP contribution in [-0.2, 0) is 16.1 Å². The fourth-order valence-corrected chi connectivity index (χ4v) is 2.93. The highest BCUT2D eigenvalue weighted by Crippen LogP contribution is 2.17. The van der Waals surface area contributed by atoms with Gasteiger partial charge in [-0.3, -0.25) is 9.59 Å². The summed E-state index contributed by atoms with van der Waals surface area (Å²) in [5.74, 6) is 0.806. The van der Waals surface area contributed by atoms with Gasteiger partial charge >= 0.3 is 0 Å². The molecule has 0 aliphatic heterocycles. The summed E-state index contributed by atoms with van der Waals surface area (Å²) in [6.45, 7) is 4.49. The molecule has 1 unspecified atom stereocenters. The monoisotopic (exact) mass is 432 g/mol. The molecule has 2 amide bonds. The van der Waals surface area contributed by atoms with Crippen LogP contribution in [0.15, 0.2) is 48.5 Å². The van der Waals surface area contributed by atoms with E-state index in [0.717, 1.165) is 24.2 Å². The molecule has 6 nitrogen and oxygen atoms in total. The number of unbranched alkanes of at least 4 members (excludes halogenated alkanes) is 1. The Kier molecular flexibility index (Phi) is 9.48. The minimum absolute atomic E-state index is 0.176. The Hall–Kier alpha value is -2.73. The van der Waals surface area contributed by atoms with E-state index >= 15 is 0 Å². The molecule has 0 fully saturated rings. The van der Waals surface area contributed by atoms with Gasteiger partial charge in [0.1, 0.15) is 17.5 Å². The van der Waals surface area contributed by atoms with E-state index < -0.39 is 6.04 Å². The van der Waals surface area contributed by atoms with Crippen molar-refractivity contribution >= 4 is 23.4 Å². The highest BCUT2D eigenvalue weighted by Gasteiger charge is 2.26. The van der Waals surface area contributed by atoms with Crippen LogP contribution in [0, 0.1) is 0 Å². The van der Waals surface area contributed by atoms with E-state index in [9.17, 15) is 9.59 Å². The van der Waals surface area contributed by atoms with E-state index in [2.05, 4.69) is 12.2 Å². The van der Waals surface area contributed by atoms with E-state index in [1.165, 1.54) is 4.90 Å². The van der Waals surface area contributed by atoms with E-state index in [1.807, 2.05) is 24.3 Å². The molecular formula is C23H29ClN2O4. The second-order valence-electron chi connectivity index (χ2n) is 6.93. The number of methoxy groups -OCH3 is 1. The van der Waals surface area contributed by atoms with Gasteiger partial charge in [0.15, 0.2) is 6.61 Å². The molecule has 0 spiro atoms. The van der Waals surface area contributed by atoms with Crippen molar-refractivity contribution in [3.05, 3.63) is 59.1 Å². The van der Waals surface area contributed by atoms with Crippen LogP contribution in [0.5, 0.6) is 11.5 Å². The molecule has 1 N–H and O–H groups in total. The number of nitrogens with zero attached hydrogens (tertiary/aromatic N) is 1. The third kappa shape index (κ3) is 7.26. The van der Waals surface area contributed by atoms with Crippen molar-refractivity contribution in [2.75, 3.05) is 20.3 Å². The first-order chi connectivity index (χ1) is 14.4. The highest BCUT2D eigenvalue weighted by molar-refractivity contribution is 6.30. The number of amides is 2. The number of rotatable bonds is 11. The Morgan fingerprint density at radius 1 is 1.07 bits per heavy atom. The van der Waals surface area contributed by atoms with Gasteiger partial charge in [-0.15, -0.1) is 0 Å². The first-order valence-corrected chi connectivity index (χ1v) is 10.4. The molecule has 0 bridgehead atoms. The molecule has 0 aliphatic rings. The zero-order valence-electron chi connectivity index (χ0n) is 17.7. The minimum Gasteiger partial charge on any atom is -0.497 e. The van der Waals surface area contributed by atoms with E-state index in [4.69, 9.17) is 21.1 Å². The van der Waals surface area contributed by atoms with Crippen molar-refractivity contribution in [2.24, 2.45) is 0 Å². The molecule has 30 heavy (non-hydrogen) atoms. The zero-order valence-corrected chi connectivity index (χ0v) is 18.4. The Balaban J connectivity index is 2.10. The van der Waals surface area contributed by atoms with Crippen molar-refractivity contribution in [3.8, 4) is 11.5 Å². The summed E-state index contributed by atoms with van der Waals surface area (Å²) < 4.78 is 10.8.